The number of fused-ring (bicyclic) bond motifs is 3. The molecule has 2 aliphatic rings. The molecule has 2 aliphatic heterocycles. The molecule has 5 heterocycles. The Morgan fingerprint density at radius 1 is 1.17 bits per heavy atom. The number of rotatable bonds is 4. The summed E-state index contributed by atoms with van der Waals surface area (Å²) in [6.45, 7) is 3.98. The van der Waals surface area contributed by atoms with E-state index in [-0.39, 0.29) is 18.8 Å². The van der Waals surface area contributed by atoms with Gasteiger partial charge in [-0.3, -0.25) is 4.98 Å². The highest BCUT2D eigenvalue weighted by atomic mass is 35.5. The van der Waals surface area contributed by atoms with E-state index in [0.717, 1.165) is 5.39 Å². The molecule has 3 aromatic heterocycles. The molecule has 0 amide bonds. The van der Waals surface area contributed by atoms with Crippen molar-refractivity contribution in [2.24, 2.45) is 0 Å². The second-order valence-electron chi connectivity index (χ2n) is 8.94. The van der Waals surface area contributed by atoms with Gasteiger partial charge in [0.15, 0.2) is 12.0 Å². The number of nitriles is 1. The molecule has 2 saturated heterocycles. The molecule has 6 rings (SSSR count). The first-order valence-electron chi connectivity index (χ1n) is 11.0. The summed E-state index contributed by atoms with van der Waals surface area (Å²) in [5, 5.41) is 11.0. The Labute approximate surface area is 205 Å². The summed E-state index contributed by atoms with van der Waals surface area (Å²) in [6, 6.07) is 9.25. The van der Waals surface area contributed by atoms with Crippen molar-refractivity contribution in [3.05, 3.63) is 53.6 Å². The minimum absolute atomic E-state index is 0.225. The first-order chi connectivity index (χ1) is 16.8. The van der Waals surface area contributed by atoms with Gasteiger partial charge in [-0.25, -0.2) is 9.97 Å². The fourth-order valence-corrected chi connectivity index (χ4v) is 4.95. The van der Waals surface area contributed by atoms with Gasteiger partial charge >= 0.3 is 0 Å². The SMILES string of the molecule is CC1(C)O[C@@H]2[C@H](O1)[C@@H](COc1ccc3c(Cl)c(C#N)cnc3c1)O[C@H]2n1ccc2c(N)ncnc21. The molecule has 0 unspecified atom stereocenters. The van der Waals surface area contributed by atoms with Crippen molar-refractivity contribution in [2.75, 3.05) is 12.3 Å². The highest BCUT2D eigenvalue weighted by molar-refractivity contribution is 6.36. The first-order valence-corrected chi connectivity index (χ1v) is 11.4. The molecule has 10 nitrogen and oxygen atoms in total. The third-order valence-corrected chi connectivity index (χ3v) is 6.66. The standard InChI is InChI=1S/C24H21ClN6O4/c1-24(2)34-19-17(10-32-13-3-4-14-16(7-13)28-9-12(8-26)18(14)25)33-23(20(19)35-24)31-6-5-15-21(27)29-11-30-22(15)31/h3-7,9,11,17,19-20,23H,10H2,1-2H3,(H2,27,29,30)/t17-,19-,20-,23-/m1/s1. The van der Waals surface area contributed by atoms with Crippen LogP contribution in [0.15, 0.2) is 43.0 Å². The average molecular weight is 493 g/mol. The number of nitrogens with zero attached hydrogens (tertiary/aromatic N) is 5. The zero-order valence-corrected chi connectivity index (χ0v) is 19.6. The summed E-state index contributed by atoms with van der Waals surface area (Å²) in [5.41, 5.74) is 7.63. The molecule has 178 valence electrons. The Balaban J connectivity index is 1.26. The van der Waals surface area contributed by atoms with E-state index in [2.05, 4.69) is 15.0 Å². The Kier molecular flexibility index (Phi) is 5.05. The quantitative estimate of drug-likeness (QED) is 0.454. The summed E-state index contributed by atoms with van der Waals surface area (Å²) in [5.74, 6) is 0.229. The normalized spacial score (nSPS) is 25.1. The van der Waals surface area contributed by atoms with E-state index >= 15 is 0 Å². The monoisotopic (exact) mass is 492 g/mol. The van der Waals surface area contributed by atoms with Crippen LogP contribution >= 0.6 is 11.6 Å². The number of halogens is 1. The fraction of sp³-hybridized carbons (Fsp3) is 0.333. The molecule has 1 aromatic carbocycles. The van der Waals surface area contributed by atoms with Crippen LogP contribution in [0.1, 0.15) is 25.6 Å². The molecule has 2 fully saturated rings. The summed E-state index contributed by atoms with van der Waals surface area (Å²) in [6.07, 6.45) is 3.14. The summed E-state index contributed by atoms with van der Waals surface area (Å²) in [4.78, 5) is 12.8. The van der Waals surface area contributed by atoms with Crippen molar-refractivity contribution in [1.29, 1.82) is 5.26 Å². The second kappa shape index (κ2) is 8.03. The Hall–Kier alpha value is -3.49. The van der Waals surface area contributed by atoms with E-state index < -0.39 is 18.1 Å². The van der Waals surface area contributed by atoms with Gasteiger partial charge in [-0.1, -0.05) is 11.6 Å². The second-order valence-corrected chi connectivity index (χ2v) is 9.31. The zero-order chi connectivity index (χ0) is 24.3. The highest BCUT2D eigenvalue weighted by Crippen LogP contribution is 2.44. The topological polar surface area (TPSA) is 130 Å². The molecule has 0 aliphatic carbocycles. The number of nitrogens with two attached hydrogens (primary N) is 1. The van der Waals surface area contributed by atoms with Gasteiger partial charge in [-0.15, -0.1) is 0 Å². The van der Waals surface area contributed by atoms with E-state index in [9.17, 15) is 0 Å². The smallest absolute Gasteiger partial charge is 0.164 e. The summed E-state index contributed by atoms with van der Waals surface area (Å²) >= 11 is 6.31. The maximum atomic E-state index is 9.16. The van der Waals surface area contributed by atoms with Crippen LogP contribution in [-0.2, 0) is 14.2 Å². The van der Waals surface area contributed by atoms with E-state index in [1.165, 1.54) is 12.5 Å². The number of pyridine rings is 1. The Morgan fingerprint density at radius 2 is 2.00 bits per heavy atom. The molecule has 0 spiro atoms. The van der Waals surface area contributed by atoms with Crippen LogP contribution in [0.25, 0.3) is 21.9 Å². The number of hydrogen-bond acceptors (Lipinski definition) is 9. The molecule has 2 N–H and O–H groups in total. The Bertz CT molecular complexity index is 1500. The van der Waals surface area contributed by atoms with Crippen LogP contribution in [0.5, 0.6) is 5.75 Å². The maximum absolute atomic E-state index is 9.16. The van der Waals surface area contributed by atoms with Crippen LogP contribution in [0.4, 0.5) is 5.82 Å². The van der Waals surface area contributed by atoms with E-state index in [1.807, 2.05) is 36.7 Å². The average Bonchev–Trinajstić information content (AvgIpc) is 3.49. The van der Waals surface area contributed by atoms with E-state index in [1.54, 1.807) is 18.2 Å². The lowest BCUT2D eigenvalue weighted by atomic mass is 10.1. The lowest BCUT2D eigenvalue weighted by molar-refractivity contribution is -0.198. The number of benzene rings is 1. The highest BCUT2D eigenvalue weighted by Gasteiger charge is 2.56. The van der Waals surface area contributed by atoms with Crippen molar-refractivity contribution < 1.29 is 18.9 Å². The van der Waals surface area contributed by atoms with Gasteiger partial charge in [0.25, 0.3) is 0 Å². The number of ether oxygens (including phenoxy) is 4. The molecule has 0 saturated carbocycles. The van der Waals surface area contributed by atoms with Gasteiger partial charge < -0.3 is 29.2 Å². The van der Waals surface area contributed by atoms with Gasteiger partial charge in [0.2, 0.25) is 0 Å². The van der Waals surface area contributed by atoms with Crippen molar-refractivity contribution in [3.8, 4) is 11.8 Å². The summed E-state index contributed by atoms with van der Waals surface area (Å²) in [7, 11) is 0. The third kappa shape index (κ3) is 3.64. The van der Waals surface area contributed by atoms with Gasteiger partial charge in [0.1, 0.15) is 54.5 Å². The largest absolute Gasteiger partial charge is 0.491 e. The molecule has 11 heteroatoms. The van der Waals surface area contributed by atoms with Gasteiger partial charge in [-0.05, 0) is 32.0 Å². The van der Waals surface area contributed by atoms with Crippen LogP contribution in [-0.4, -0.2) is 50.2 Å². The van der Waals surface area contributed by atoms with Gasteiger partial charge in [-0.2, -0.15) is 5.26 Å². The molecule has 4 aromatic rings. The first kappa shape index (κ1) is 22.0. The summed E-state index contributed by atoms with van der Waals surface area (Å²) < 4.78 is 26.8. The van der Waals surface area contributed by atoms with E-state index in [4.69, 9.17) is 41.5 Å². The predicted molar refractivity (Wildman–Crippen MR) is 127 cm³/mol. The molecular formula is C24H21ClN6O4. The third-order valence-electron chi connectivity index (χ3n) is 6.25. The van der Waals surface area contributed by atoms with Gasteiger partial charge in [0.05, 0.1) is 21.5 Å². The number of nitrogen functional groups attached to an aromatic ring is 1. The lowest BCUT2D eigenvalue weighted by Crippen LogP contribution is -2.33. The molecule has 0 bridgehead atoms. The van der Waals surface area contributed by atoms with Crippen molar-refractivity contribution in [1.82, 2.24) is 19.5 Å². The molecular weight excluding hydrogens is 472 g/mol. The van der Waals surface area contributed by atoms with Crippen LogP contribution < -0.4 is 10.5 Å². The van der Waals surface area contributed by atoms with Gasteiger partial charge in [0, 0.05) is 23.8 Å². The van der Waals surface area contributed by atoms with Crippen molar-refractivity contribution in [2.45, 2.75) is 44.2 Å². The van der Waals surface area contributed by atoms with Crippen molar-refractivity contribution >= 4 is 39.4 Å². The Morgan fingerprint density at radius 3 is 2.83 bits per heavy atom. The molecule has 35 heavy (non-hydrogen) atoms. The fourth-order valence-electron chi connectivity index (χ4n) is 4.70. The van der Waals surface area contributed by atoms with Crippen LogP contribution in [0, 0.1) is 11.3 Å². The lowest BCUT2D eigenvalue weighted by Gasteiger charge is -2.25. The van der Waals surface area contributed by atoms with Crippen molar-refractivity contribution in [3.63, 3.8) is 0 Å². The van der Waals surface area contributed by atoms with Crippen LogP contribution in [0.3, 0.4) is 0 Å². The number of hydrogen-bond donors (Lipinski definition) is 1. The minimum atomic E-state index is -0.769. The number of aromatic nitrogens is 4. The van der Waals surface area contributed by atoms with Crippen LogP contribution in [0.2, 0.25) is 5.02 Å². The minimum Gasteiger partial charge on any atom is -0.491 e. The number of anilines is 1. The zero-order valence-electron chi connectivity index (χ0n) is 18.9. The molecule has 0 radical (unpaired) electrons. The maximum Gasteiger partial charge on any atom is 0.164 e. The predicted octanol–water partition coefficient (Wildman–Crippen LogP) is 3.58. The molecule has 4 atom stereocenters. The van der Waals surface area contributed by atoms with E-state index in [0.29, 0.717) is 38.7 Å².